The van der Waals surface area contributed by atoms with E-state index < -0.39 is 29.6 Å². The molecule has 0 saturated heterocycles. The van der Waals surface area contributed by atoms with E-state index in [0.717, 1.165) is 12.1 Å². The fourth-order valence-corrected chi connectivity index (χ4v) is 1.25. The molecule has 1 aromatic rings. The van der Waals surface area contributed by atoms with E-state index in [9.17, 15) is 24.6 Å². The average molecular weight is 301 g/mol. The van der Waals surface area contributed by atoms with Gasteiger partial charge in [-0.1, -0.05) is 0 Å². The Morgan fingerprint density at radius 3 is 2.52 bits per heavy atom. The van der Waals surface area contributed by atoms with Crippen molar-refractivity contribution in [3.05, 3.63) is 12.1 Å². The second-order valence-corrected chi connectivity index (χ2v) is 3.88. The van der Waals surface area contributed by atoms with Gasteiger partial charge in [-0.05, 0) is 6.92 Å². The number of hydrogen-bond donors (Lipinski definition) is 4. The van der Waals surface area contributed by atoms with Gasteiger partial charge in [0.25, 0.3) is 0 Å². The molecule has 0 aromatic carbocycles. The third kappa shape index (κ3) is 4.69. The van der Waals surface area contributed by atoms with Gasteiger partial charge < -0.3 is 25.2 Å². The summed E-state index contributed by atoms with van der Waals surface area (Å²) in [5.41, 5.74) is 2.24. The maximum atomic E-state index is 11.7. The number of hydrogen-bond acceptors (Lipinski definition) is 8. The Labute approximate surface area is 119 Å². The van der Waals surface area contributed by atoms with Crippen LogP contribution in [0.25, 0.3) is 0 Å². The lowest BCUT2D eigenvalue weighted by atomic mass is 10.2. The zero-order chi connectivity index (χ0) is 15.8. The van der Waals surface area contributed by atoms with E-state index in [2.05, 4.69) is 20.5 Å². The Balaban J connectivity index is 2.43. The molecule has 0 aliphatic carbocycles. The van der Waals surface area contributed by atoms with E-state index in [4.69, 9.17) is 0 Å². The molecule has 116 valence electrons. The van der Waals surface area contributed by atoms with Gasteiger partial charge in [0.05, 0.1) is 0 Å². The molecule has 0 aliphatic heterocycles. The molecule has 1 heterocycles. The Morgan fingerprint density at radius 2 is 1.95 bits per heavy atom. The van der Waals surface area contributed by atoms with Crippen molar-refractivity contribution in [2.24, 2.45) is 5.92 Å². The first-order chi connectivity index (χ1) is 9.97. The fourth-order valence-electron chi connectivity index (χ4n) is 1.25. The number of carbonyl (C=O) groups is 3. The monoisotopic (exact) mass is 301 g/mol. The quantitative estimate of drug-likeness (QED) is 0.192. The number of nitrogens with zero attached hydrogens (tertiary/aromatic N) is 1. The number of carbonyl (C=O) groups excluding carboxylic acids is 3. The highest BCUT2D eigenvalue weighted by Gasteiger charge is 2.25. The molecule has 1 amide bonds. The van der Waals surface area contributed by atoms with Crippen LogP contribution in [0.3, 0.4) is 0 Å². The maximum absolute atomic E-state index is 11.7. The van der Waals surface area contributed by atoms with Crippen molar-refractivity contribution < 1.29 is 34.3 Å². The number of aromatic hydroxyl groups is 2. The molecule has 0 saturated carbocycles. The van der Waals surface area contributed by atoms with E-state index in [1.807, 2.05) is 0 Å². The topological polar surface area (TPSA) is 139 Å². The Morgan fingerprint density at radius 1 is 1.33 bits per heavy atom. The van der Waals surface area contributed by atoms with Gasteiger partial charge in [-0.3, -0.25) is 9.59 Å². The van der Waals surface area contributed by atoms with Crippen molar-refractivity contribution in [3.8, 4) is 11.8 Å². The molecule has 21 heavy (non-hydrogen) atoms. The van der Waals surface area contributed by atoms with Gasteiger partial charge >= 0.3 is 12.4 Å². The van der Waals surface area contributed by atoms with Crippen molar-refractivity contribution in [1.82, 2.24) is 15.5 Å². The van der Waals surface area contributed by atoms with Gasteiger partial charge in [-0.2, -0.15) is 5.48 Å². The Kier molecular flexibility index (Phi) is 6.01. The van der Waals surface area contributed by atoms with Crippen LogP contribution in [0.1, 0.15) is 6.92 Å². The highest BCUT2D eigenvalue weighted by Crippen LogP contribution is 2.19. The molecule has 1 aromatic heterocycles. The molecule has 0 aliphatic rings. The molecule has 10 heteroatoms. The first-order valence-electron chi connectivity index (χ1n) is 5.89. The van der Waals surface area contributed by atoms with Gasteiger partial charge in [0.15, 0.2) is 0 Å². The lowest BCUT2D eigenvalue weighted by Gasteiger charge is -2.12. The predicted octanol–water partition coefficient (Wildman–Crippen LogP) is -1.72. The number of nitrogens with one attached hydrogen (secondary N) is 2. The summed E-state index contributed by atoms with van der Waals surface area (Å²) in [5, 5.41) is 21.0. The minimum Gasteiger partial charge on any atom is -0.492 e. The van der Waals surface area contributed by atoms with Crippen LogP contribution in [0.5, 0.6) is 11.8 Å². The van der Waals surface area contributed by atoms with Gasteiger partial charge in [-0.25, -0.2) is 4.79 Å². The van der Waals surface area contributed by atoms with Gasteiger partial charge in [0.1, 0.15) is 5.92 Å². The van der Waals surface area contributed by atoms with Crippen molar-refractivity contribution in [2.75, 3.05) is 13.1 Å². The molecular formula is C11H15N3O7. The van der Waals surface area contributed by atoms with Crippen LogP contribution < -0.4 is 15.6 Å². The summed E-state index contributed by atoms with van der Waals surface area (Å²) in [6, 6.07) is 2.23. The van der Waals surface area contributed by atoms with Crippen LogP contribution in [0.4, 0.5) is 0 Å². The molecule has 0 radical (unpaired) electrons. The highest BCUT2D eigenvalue weighted by atomic mass is 16.7. The molecule has 1 rings (SSSR count). The summed E-state index contributed by atoms with van der Waals surface area (Å²) < 4.78 is 0.492. The third-order valence-corrected chi connectivity index (χ3v) is 2.38. The Hall–Kier alpha value is -2.75. The average Bonchev–Trinajstić information content (AvgIpc) is 2.77. The molecular weight excluding hydrogens is 286 g/mol. The standard InChI is InChI=1S/C11H15N3O7/c1-7(10(18)12-4-5-13-20-6-15)11(19)21-14-8(16)2-3-9(14)17/h2-3,6-7,13,16-17H,4-5H2,1H3,(H,12,18). The van der Waals surface area contributed by atoms with E-state index in [-0.39, 0.29) is 19.6 Å². The van der Waals surface area contributed by atoms with Crippen molar-refractivity contribution >= 4 is 18.3 Å². The van der Waals surface area contributed by atoms with Crippen LogP contribution in [0.2, 0.25) is 0 Å². The summed E-state index contributed by atoms with van der Waals surface area (Å²) in [4.78, 5) is 42.0. The molecule has 10 nitrogen and oxygen atoms in total. The molecule has 0 fully saturated rings. The molecule has 0 bridgehead atoms. The zero-order valence-electron chi connectivity index (χ0n) is 11.1. The Bertz CT molecular complexity index is 494. The first-order valence-corrected chi connectivity index (χ1v) is 5.89. The van der Waals surface area contributed by atoms with Gasteiger partial charge in [-0.15, -0.1) is 4.73 Å². The molecule has 1 atom stereocenters. The normalized spacial score (nSPS) is 11.5. The SMILES string of the molecule is CC(C(=O)NCCNOC=O)C(=O)On1c(O)ccc1O. The number of rotatable bonds is 8. The molecule has 1 unspecified atom stereocenters. The maximum Gasteiger partial charge on any atom is 0.345 e. The molecule has 4 N–H and O–H groups in total. The minimum absolute atomic E-state index is 0.115. The lowest BCUT2D eigenvalue weighted by molar-refractivity contribution is -0.153. The summed E-state index contributed by atoms with van der Waals surface area (Å²) in [6.45, 7) is 1.76. The van der Waals surface area contributed by atoms with Crippen LogP contribution in [0.15, 0.2) is 12.1 Å². The largest absolute Gasteiger partial charge is 0.492 e. The summed E-state index contributed by atoms with van der Waals surface area (Å²) >= 11 is 0. The van der Waals surface area contributed by atoms with Crippen molar-refractivity contribution in [3.63, 3.8) is 0 Å². The number of aromatic nitrogens is 1. The van der Waals surface area contributed by atoms with Gasteiger partial charge in [0, 0.05) is 25.2 Å². The smallest absolute Gasteiger partial charge is 0.345 e. The van der Waals surface area contributed by atoms with E-state index in [1.54, 1.807) is 0 Å². The molecule has 0 spiro atoms. The third-order valence-electron chi connectivity index (χ3n) is 2.38. The minimum atomic E-state index is -1.17. The van der Waals surface area contributed by atoms with Crippen LogP contribution in [0, 0.1) is 5.92 Å². The summed E-state index contributed by atoms with van der Waals surface area (Å²) in [7, 11) is 0. The van der Waals surface area contributed by atoms with Crippen LogP contribution in [-0.4, -0.2) is 46.4 Å². The fraction of sp³-hybridized carbons (Fsp3) is 0.364. The summed E-state index contributed by atoms with van der Waals surface area (Å²) in [5.74, 6) is -3.73. The van der Waals surface area contributed by atoms with Gasteiger partial charge in [0.2, 0.25) is 17.7 Å². The van der Waals surface area contributed by atoms with Crippen molar-refractivity contribution in [2.45, 2.75) is 6.92 Å². The zero-order valence-corrected chi connectivity index (χ0v) is 11.1. The number of hydroxylamine groups is 1. The van der Waals surface area contributed by atoms with E-state index in [0.29, 0.717) is 4.73 Å². The van der Waals surface area contributed by atoms with Crippen LogP contribution >= 0.6 is 0 Å². The van der Waals surface area contributed by atoms with E-state index in [1.165, 1.54) is 6.92 Å². The highest BCUT2D eigenvalue weighted by molar-refractivity contribution is 5.97. The van der Waals surface area contributed by atoms with Crippen molar-refractivity contribution in [1.29, 1.82) is 0 Å². The predicted molar refractivity (Wildman–Crippen MR) is 66.7 cm³/mol. The summed E-state index contributed by atoms with van der Waals surface area (Å²) in [6.07, 6.45) is 0. The second kappa shape index (κ2) is 7.75. The second-order valence-electron chi connectivity index (χ2n) is 3.88. The van der Waals surface area contributed by atoms with E-state index >= 15 is 0 Å². The number of amides is 1. The van der Waals surface area contributed by atoms with Crippen LogP contribution in [-0.2, 0) is 19.2 Å². The first kappa shape index (κ1) is 16.3. The lowest BCUT2D eigenvalue weighted by Crippen LogP contribution is -2.40.